The molecule has 2 aliphatic carbocycles. The van der Waals surface area contributed by atoms with Gasteiger partial charge in [0.15, 0.2) is 0 Å². The van der Waals surface area contributed by atoms with E-state index in [-0.39, 0.29) is 12.0 Å². The van der Waals surface area contributed by atoms with Gasteiger partial charge in [-0.25, -0.2) is 0 Å². The van der Waals surface area contributed by atoms with Crippen LogP contribution in [0.1, 0.15) is 56.6 Å². The summed E-state index contributed by atoms with van der Waals surface area (Å²) >= 11 is 0. The van der Waals surface area contributed by atoms with Crippen molar-refractivity contribution >= 4 is 0 Å². The van der Waals surface area contributed by atoms with E-state index in [9.17, 15) is 10.2 Å². The normalized spacial score (nSPS) is 27.4. The van der Waals surface area contributed by atoms with Crippen LogP contribution >= 0.6 is 0 Å². The van der Waals surface area contributed by atoms with Crippen LogP contribution in [0.2, 0.25) is 0 Å². The Morgan fingerprint density at radius 3 is 2.90 bits per heavy atom. The summed E-state index contributed by atoms with van der Waals surface area (Å²) in [5, 5.41) is 24.4. The van der Waals surface area contributed by atoms with Crippen LogP contribution in [-0.2, 0) is 6.42 Å². The number of nitrogens with one attached hydrogen (secondary N) is 1. The molecule has 0 amide bonds. The van der Waals surface area contributed by atoms with E-state index >= 15 is 0 Å². The lowest BCUT2D eigenvalue weighted by Gasteiger charge is -2.19. The zero-order chi connectivity index (χ0) is 20.6. The Hall–Kier alpha value is -1.42. The lowest BCUT2D eigenvalue weighted by atomic mass is 9.88. The largest absolute Gasteiger partial charge is 0.392 e. The highest BCUT2D eigenvalue weighted by Crippen LogP contribution is 2.48. The third-order valence-electron chi connectivity index (χ3n) is 6.63. The number of allylic oxidation sites excluding steroid dienone is 2. The molecule has 0 radical (unpaired) electrons. The van der Waals surface area contributed by atoms with Gasteiger partial charge in [-0.3, -0.25) is 0 Å². The average Bonchev–Trinajstić information content (AvgIpc) is 3.19. The van der Waals surface area contributed by atoms with Gasteiger partial charge < -0.3 is 15.5 Å². The van der Waals surface area contributed by atoms with Crippen LogP contribution in [0.15, 0.2) is 48.1 Å². The molecule has 0 aromatic heterocycles. The van der Waals surface area contributed by atoms with Crippen LogP contribution < -0.4 is 5.32 Å². The monoisotopic (exact) mass is 397 g/mol. The Labute approximate surface area is 176 Å². The van der Waals surface area contributed by atoms with Crippen LogP contribution in [0.5, 0.6) is 0 Å². The molecule has 160 valence electrons. The van der Waals surface area contributed by atoms with Crippen molar-refractivity contribution in [1.82, 2.24) is 5.32 Å². The van der Waals surface area contributed by atoms with E-state index in [1.54, 1.807) is 5.57 Å². The highest BCUT2D eigenvalue weighted by molar-refractivity contribution is 5.24. The zero-order valence-corrected chi connectivity index (χ0v) is 18.2. The number of benzene rings is 1. The van der Waals surface area contributed by atoms with E-state index in [0.29, 0.717) is 18.3 Å². The fourth-order valence-corrected chi connectivity index (χ4v) is 5.15. The van der Waals surface area contributed by atoms with Crippen molar-refractivity contribution in [3.05, 3.63) is 59.2 Å². The quantitative estimate of drug-likeness (QED) is 0.379. The third-order valence-corrected chi connectivity index (χ3v) is 6.63. The number of unbranched alkanes of at least 4 members (excludes halogenated alkanes) is 2. The lowest BCUT2D eigenvalue weighted by molar-refractivity contribution is 0.140. The first-order valence-electron chi connectivity index (χ1n) is 11.6. The first-order chi connectivity index (χ1) is 14.1. The minimum atomic E-state index is -0.492. The van der Waals surface area contributed by atoms with E-state index < -0.39 is 6.10 Å². The van der Waals surface area contributed by atoms with Crippen LogP contribution in [0.3, 0.4) is 0 Å². The Balaban J connectivity index is 1.46. The summed E-state index contributed by atoms with van der Waals surface area (Å²) in [4.78, 5) is 0. The Morgan fingerprint density at radius 2 is 2.10 bits per heavy atom. The minimum Gasteiger partial charge on any atom is -0.392 e. The van der Waals surface area contributed by atoms with Crippen LogP contribution in [-0.4, -0.2) is 35.5 Å². The molecule has 1 fully saturated rings. The number of aryl methyl sites for hydroxylation is 1. The van der Waals surface area contributed by atoms with Crippen LogP contribution in [0.4, 0.5) is 0 Å². The summed E-state index contributed by atoms with van der Waals surface area (Å²) in [6.45, 7) is 6.42. The molecule has 1 saturated carbocycles. The van der Waals surface area contributed by atoms with Crippen molar-refractivity contribution in [1.29, 1.82) is 0 Å². The maximum Gasteiger partial charge on any atom is 0.0761 e. The molecule has 5 atom stereocenters. The predicted molar refractivity (Wildman–Crippen MR) is 121 cm³/mol. The number of aliphatic hydroxyl groups excluding tert-OH is 2. The molecule has 3 nitrogen and oxygen atoms in total. The second-order valence-electron chi connectivity index (χ2n) is 9.05. The number of rotatable bonds is 11. The molecule has 0 saturated heterocycles. The molecule has 3 N–H and O–H groups in total. The third kappa shape index (κ3) is 6.53. The highest BCUT2D eigenvalue weighted by Gasteiger charge is 2.43. The van der Waals surface area contributed by atoms with Gasteiger partial charge in [-0.15, -0.1) is 0 Å². The second kappa shape index (κ2) is 11.1. The highest BCUT2D eigenvalue weighted by atomic mass is 16.3. The van der Waals surface area contributed by atoms with Crippen LogP contribution in [0.25, 0.3) is 0 Å². The van der Waals surface area contributed by atoms with Crippen molar-refractivity contribution < 1.29 is 10.2 Å². The number of hydrogen-bond acceptors (Lipinski definition) is 3. The smallest absolute Gasteiger partial charge is 0.0761 e. The fourth-order valence-electron chi connectivity index (χ4n) is 5.15. The summed E-state index contributed by atoms with van der Waals surface area (Å²) in [5.41, 5.74) is 3.97. The molecule has 0 aliphatic heterocycles. The van der Waals surface area contributed by atoms with E-state index in [2.05, 4.69) is 49.5 Å². The molecule has 1 aromatic rings. The van der Waals surface area contributed by atoms with Crippen molar-refractivity contribution in [3.63, 3.8) is 0 Å². The van der Waals surface area contributed by atoms with Gasteiger partial charge in [0, 0.05) is 12.3 Å². The van der Waals surface area contributed by atoms with Gasteiger partial charge in [0.2, 0.25) is 0 Å². The Bertz CT molecular complexity index is 696. The molecular weight excluding hydrogens is 358 g/mol. The molecule has 0 bridgehead atoms. The maximum absolute atomic E-state index is 10.5. The van der Waals surface area contributed by atoms with Gasteiger partial charge in [-0.1, -0.05) is 67.0 Å². The summed E-state index contributed by atoms with van der Waals surface area (Å²) in [7, 11) is 0. The van der Waals surface area contributed by atoms with E-state index in [1.807, 2.05) is 12.1 Å². The van der Waals surface area contributed by atoms with E-state index in [0.717, 1.165) is 31.5 Å². The maximum atomic E-state index is 10.5. The molecule has 0 heterocycles. The zero-order valence-electron chi connectivity index (χ0n) is 18.2. The van der Waals surface area contributed by atoms with E-state index in [4.69, 9.17) is 0 Å². The standard InChI is InChI=1S/C26H39NO2/c1-3-27-13-6-4-5-9-21-15-22-18-26(29)24(25(22)17-21)12-11-23(28)16-20-10-7-8-19(2)14-20/h7-8,10-12,14-15,22-29H,3-6,9,13,16-18H2,1-2H3/t22-,23+,24+,25-,26+/m0/s1. The molecule has 3 heteroatoms. The van der Waals surface area contributed by atoms with Crippen molar-refractivity contribution in [2.75, 3.05) is 13.1 Å². The molecular formula is C26H39NO2. The second-order valence-corrected chi connectivity index (χ2v) is 9.05. The first kappa shape index (κ1) is 22.3. The van der Waals surface area contributed by atoms with Crippen molar-refractivity contribution in [3.8, 4) is 0 Å². The average molecular weight is 398 g/mol. The summed E-state index contributed by atoms with van der Waals surface area (Å²) in [5.74, 6) is 1.21. The minimum absolute atomic E-state index is 0.176. The van der Waals surface area contributed by atoms with Gasteiger partial charge >= 0.3 is 0 Å². The van der Waals surface area contributed by atoms with Crippen molar-refractivity contribution in [2.45, 2.75) is 71.0 Å². The number of hydrogen-bond donors (Lipinski definition) is 3. The molecule has 3 rings (SSSR count). The summed E-state index contributed by atoms with van der Waals surface area (Å²) < 4.78 is 0. The Kier molecular flexibility index (Phi) is 8.53. The van der Waals surface area contributed by atoms with Gasteiger partial charge in [-0.05, 0) is 69.5 Å². The van der Waals surface area contributed by atoms with Gasteiger partial charge in [0.05, 0.1) is 12.2 Å². The molecule has 1 aromatic carbocycles. The number of aliphatic hydroxyl groups is 2. The van der Waals surface area contributed by atoms with Crippen LogP contribution in [0, 0.1) is 24.7 Å². The Morgan fingerprint density at radius 1 is 1.24 bits per heavy atom. The van der Waals surface area contributed by atoms with Gasteiger partial charge in [0.1, 0.15) is 0 Å². The molecule has 0 unspecified atom stereocenters. The molecule has 29 heavy (non-hydrogen) atoms. The predicted octanol–water partition coefficient (Wildman–Crippen LogP) is 4.57. The first-order valence-corrected chi connectivity index (χ1v) is 11.6. The van der Waals surface area contributed by atoms with Crippen molar-refractivity contribution in [2.24, 2.45) is 17.8 Å². The fraction of sp³-hybridized carbons (Fsp3) is 0.615. The topological polar surface area (TPSA) is 52.5 Å². The molecule has 2 aliphatic rings. The summed E-state index contributed by atoms with van der Waals surface area (Å²) in [6, 6.07) is 8.31. The van der Waals surface area contributed by atoms with Gasteiger partial charge in [-0.2, -0.15) is 0 Å². The van der Waals surface area contributed by atoms with Gasteiger partial charge in [0.25, 0.3) is 0 Å². The number of fused-ring (bicyclic) bond motifs is 1. The SMILES string of the molecule is CCNCCCCCC1=C[C@H]2C[C@@H](O)[C@H](C=C[C@@H](O)Cc3cccc(C)c3)[C@H]2C1. The summed E-state index contributed by atoms with van der Waals surface area (Å²) in [6.07, 6.45) is 13.4. The van der Waals surface area contributed by atoms with E-state index in [1.165, 1.54) is 31.2 Å². The molecule has 0 spiro atoms. The lowest BCUT2D eigenvalue weighted by Crippen LogP contribution is -2.18.